The zero-order valence-electron chi connectivity index (χ0n) is 27.0. The number of anilines is 1. The van der Waals surface area contributed by atoms with E-state index in [1.807, 2.05) is 66.5 Å². The largest absolute Gasteiger partial charge is 0.508 e. The fourth-order valence-corrected chi connectivity index (χ4v) is 7.31. The summed E-state index contributed by atoms with van der Waals surface area (Å²) >= 11 is 5.95. The molecule has 4 aromatic rings. The molecule has 0 aromatic heterocycles. The molecule has 49 heavy (non-hydrogen) atoms. The van der Waals surface area contributed by atoms with Crippen LogP contribution in [0.5, 0.6) is 5.75 Å². The van der Waals surface area contributed by atoms with E-state index < -0.39 is 43.2 Å². The number of phenols is 1. The average molecular weight is 689 g/mol. The highest BCUT2D eigenvalue weighted by atomic mass is 32.1. The number of nitrogens with zero attached hydrogens (tertiary/aromatic N) is 2. The highest BCUT2D eigenvalue weighted by Crippen LogP contribution is 2.44. The summed E-state index contributed by atoms with van der Waals surface area (Å²) < 4.78 is 19.1. The van der Waals surface area contributed by atoms with Gasteiger partial charge in [-0.3, -0.25) is 0 Å². The first kappa shape index (κ1) is 34.9. The Labute approximate surface area is 290 Å². The lowest BCUT2D eigenvalue weighted by Crippen LogP contribution is -2.55. The van der Waals surface area contributed by atoms with Crippen LogP contribution in [0.3, 0.4) is 0 Å². The molecule has 0 saturated carbocycles. The predicted octanol–water partition coefficient (Wildman–Crippen LogP) is 4.76. The summed E-state index contributed by atoms with van der Waals surface area (Å²) in [6.45, 7) is -0.507. The molecule has 0 amide bonds. The van der Waals surface area contributed by atoms with Crippen LogP contribution in [0.2, 0.25) is 0 Å². The SMILES string of the molecule is CN1C(=S)N(c2ccccc2)[C@H](c2ccc(-c3ccc([C@@H]4O[C@H](CO)[C@@H](O)[C@H](O)[C@H]4O)cc3)cc2O)[C@H]1CCC[C@@H](O)c1ccc(F)cc1. The van der Waals surface area contributed by atoms with Crippen molar-refractivity contribution in [2.75, 3.05) is 18.6 Å². The van der Waals surface area contributed by atoms with Crippen molar-refractivity contribution in [1.29, 1.82) is 0 Å². The van der Waals surface area contributed by atoms with Gasteiger partial charge in [-0.2, -0.15) is 0 Å². The monoisotopic (exact) mass is 688 g/mol. The van der Waals surface area contributed by atoms with Crippen LogP contribution in [-0.4, -0.2) is 84.8 Å². The summed E-state index contributed by atoms with van der Waals surface area (Å²) in [6, 6.07) is 27.9. The number of rotatable bonds is 10. The maximum atomic E-state index is 13.4. The Morgan fingerprint density at radius 3 is 2.18 bits per heavy atom. The van der Waals surface area contributed by atoms with Crippen LogP contribution in [0.1, 0.15) is 54.2 Å². The summed E-state index contributed by atoms with van der Waals surface area (Å²) in [7, 11) is 1.95. The van der Waals surface area contributed by atoms with Gasteiger partial charge in [-0.25, -0.2) is 4.39 Å². The van der Waals surface area contributed by atoms with Gasteiger partial charge in [0.25, 0.3) is 0 Å². The summed E-state index contributed by atoms with van der Waals surface area (Å²) in [6.07, 6.45) is -5.16. The molecule has 2 aliphatic rings. The Morgan fingerprint density at radius 1 is 0.857 bits per heavy atom. The smallest absolute Gasteiger partial charge is 0.176 e. The Balaban J connectivity index is 1.25. The quantitative estimate of drug-likeness (QED) is 0.129. The van der Waals surface area contributed by atoms with Crippen molar-refractivity contribution in [2.24, 2.45) is 0 Å². The number of phenolic OH excluding ortho intramolecular Hbond substituents is 1. The van der Waals surface area contributed by atoms with E-state index in [1.165, 1.54) is 12.1 Å². The molecule has 9 nitrogen and oxygen atoms in total. The van der Waals surface area contributed by atoms with Crippen molar-refractivity contribution < 1.29 is 39.8 Å². The third-order valence-corrected chi connectivity index (χ3v) is 10.2. The van der Waals surface area contributed by atoms with Gasteiger partial charge in [0.05, 0.1) is 24.8 Å². The van der Waals surface area contributed by atoms with Crippen LogP contribution in [0.25, 0.3) is 11.1 Å². The number of aliphatic hydroxyl groups is 5. The van der Waals surface area contributed by atoms with E-state index in [2.05, 4.69) is 4.90 Å². The van der Waals surface area contributed by atoms with Crippen molar-refractivity contribution in [2.45, 2.75) is 68.0 Å². The molecular formula is C38H41FN2O7S. The lowest BCUT2D eigenvalue weighted by molar-refractivity contribution is -0.231. The number of likely N-dealkylation sites (N-methyl/N-ethyl adjacent to an activating group) is 1. The minimum Gasteiger partial charge on any atom is -0.508 e. The Morgan fingerprint density at radius 2 is 1.53 bits per heavy atom. The van der Waals surface area contributed by atoms with E-state index >= 15 is 0 Å². The molecule has 0 aliphatic carbocycles. The number of hydrogen-bond acceptors (Lipinski definition) is 8. The second kappa shape index (κ2) is 14.9. The molecule has 0 radical (unpaired) electrons. The minimum atomic E-state index is -1.47. The van der Waals surface area contributed by atoms with Gasteiger partial charge in [-0.15, -0.1) is 0 Å². The van der Waals surface area contributed by atoms with Crippen LogP contribution in [-0.2, 0) is 4.74 Å². The van der Waals surface area contributed by atoms with Gasteiger partial charge in [0.2, 0.25) is 0 Å². The molecule has 2 aliphatic heterocycles. The van der Waals surface area contributed by atoms with Crippen molar-refractivity contribution in [3.05, 3.63) is 120 Å². The van der Waals surface area contributed by atoms with Crippen molar-refractivity contribution >= 4 is 23.0 Å². The first-order valence-corrected chi connectivity index (χ1v) is 16.8. The molecule has 6 rings (SSSR count). The van der Waals surface area contributed by atoms with Gasteiger partial charge in [0, 0.05) is 18.3 Å². The summed E-state index contributed by atoms with van der Waals surface area (Å²) in [5, 5.41) is 63.4. The molecule has 258 valence electrons. The van der Waals surface area contributed by atoms with Gasteiger partial charge in [0.1, 0.15) is 42.1 Å². The van der Waals surface area contributed by atoms with E-state index in [-0.39, 0.29) is 23.7 Å². The minimum absolute atomic E-state index is 0.0934. The Bertz CT molecular complexity index is 1730. The lowest BCUT2D eigenvalue weighted by atomic mass is 9.89. The molecule has 2 heterocycles. The lowest BCUT2D eigenvalue weighted by Gasteiger charge is -2.40. The van der Waals surface area contributed by atoms with Gasteiger partial charge in [-0.05, 0) is 84.1 Å². The Kier molecular flexibility index (Phi) is 10.6. The van der Waals surface area contributed by atoms with E-state index in [9.17, 15) is 35.0 Å². The maximum Gasteiger partial charge on any atom is 0.176 e. The first-order chi connectivity index (χ1) is 23.6. The van der Waals surface area contributed by atoms with Crippen LogP contribution >= 0.6 is 12.2 Å². The maximum absolute atomic E-state index is 13.4. The number of aromatic hydroxyl groups is 1. The molecule has 8 atom stereocenters. The molecule has 2 saturated heterocycles. The zero-order chi connectivity index (χ0) is 34.8. The summed E-state index contributed by atoms with van der Waals surface area (Å²) in [5.41, 5.74) is 4.36. The number of ether oxygens (including phenoxy) is 1. The first-order valence-electron chi connectivity index (χ1n) is 16.4. The normalized spacial score (nSPS) is 26.3. The van der Waals surface area contributed by atoms with Crippen LogP contribution < -0.4 is 4.90 Å². The van der Waals surface area contributed by atoms with Gasteiger partial charge >= 0.3 is 0 Å². The number of thiocarbonyl (C=S) groups is 1. The topological polar surface area (TPSA) is 137 Å². The van der Waals surface area contributed by atoms with Crippen molar-refractivity contribution in [1.82, 2.24) is 4.90 Å². The highest BCUT2D eigenvalue weighted by molar-refractivity contribution is 7.80. The average Bonchev–Trinajstić information content (AvgIpc) is 3.36. The number of halogens is 1. The summed E-state index contributed by atoms with van der Waals surface area (Å²) in [4.78, 5) is 4.10. The van der Waals surface area contributed by atoms with E-state index in [0.29, 0.717) is 41.1 Å². The van der Waals surface area contributed by atoms with Crippen LogP contribution in [0.15, 0.2) is 97.1 Å². The van der Waals surface area contributed by atoms with Crippen LogP contribution in [0, 0.1) is 5.82 Å². The fourth-order valence-electron chi connectivity index (χ4n) is 6.96. The van der Waals surface area contributed by atoms with E-state index in [4.69, 9.17) is 17.0 Å². The molecule has 2 fully saturated rings. The molecule has 0 bridgehead atoms. The molecular weight excluding hydrogens is 647 g/mol. The third-order valence-electron chi connectivity index (χ3n) is 9.73. The Hall–Kier alpha value is -3.94. The number of benzene rings is 4. The second-order valence-electron chi connectivity index (χ2n) is 12.8. The van der Waals surface area contributed by atoms with E-state index in [0.717, 1.165) is 16.8 Å². The van der Waals surface area contributed by atoms with Gasteiger partial charge < -0.3 is 45.2 Å². The second-order valence-corrected chi connectivity index (χ2v) is 13.1. The highest BCUT2D eigenvalue weighted by Gasteiger charge is 2.45. The third kappa shape index (κ3) is 7.06. The molecule has 4 aromatic carbocycles. The van der Waals surface area contributed by atoms with Crippen LogP contribution in [0.4, 0.5) is 10.1 Å². The number of para-hydroxylation sites is 1. The standard InChI is InChI=1S/C38H41FN2O7S/c1-40-29(8-5-9-30(43)23-14-17-26(39)18-15-23)33(41(38(40)49)27-6-3-2-4-7-27)28-19-16-25(20-31(28)44)22-10-12-24(13-11-22)37-36(47)35(46)34(45)32(21-42)48-37/h2-4,6-7,10-20,29-30,32-37,42-47H,5,8-9,21H2,1H3/t29-,30-,32-,33-,34-,35+,36-,37+/m1/s1. The molecule has 11 heteroatoms. The van der Waals surface area contributed by atoms with Gasteiger partial charge in [0.15, 0.2) is 5.11 Å². The molecule has 0 spiro atoms. The van der Waals surface area contributed by atoms with Crippen molar-refractivity contribution in [3.63, 3.8) is 0 Å². The summed E-state index contributed by atoms with van der Waals surface area (Å²) in [5.74, 6) is -0.257. The number of aliphatic hydroxyl groups excluding tert-OH is 5. The predicted molar refractivity (Wildman–Crippen MR) is 187 cm³/mol. The molecule has 6 N–H and O–H groups in total. The van der Waals surface area contributed by atoms with Crippen molar-refractivity contribution in [3.8, 4) is 16.9 Å². The zero-order valence-corrected chi connectivity index (χ0v) is 27.8. The van der Waals surface area contributed by atoms with Gasteiger partial charge in [-0.1, -0.05) is 66.7 Å². The van der Waals surface area contributed by atoms with E-state index in [1.54, 1.807) is 30.3 Å². The number of hydrogen-bond donors (Lipinski definition) is 6. The fraction of sp³-hybridized carbons (Fsp3) is 0.342. The molecule has 0 unspecified atom stereocenters.